The summed E-state index contributed by atoms with van der Waals surface area (Å²) in [4.78, 5) is 19.8. The van der Waals surface area contributed by atoms with E-state index in [1.54, 1.807) is 4.90 Å². The van der Waals surface area contributed by atoms with E-state index < -0.39 is 11.9 Å². The number of aliphatic carboxylic acids is 2. The Morgan fingerprint density at radius 2 is 0.944 bits per heavy atom. The number of nitrogens with zero attached hydrogens (tertiary/aromatic N) is 1. The number of rotatable bonds is 6. The molecule has 8 heteroatoms. The van der Waals surface area contributed by atoms with Crippen LogP contribution in [0.3, 0.4) is 0 Å². The first-order chi connectivity index (χ1) is 8.31. The minimum atomic E-state index is -0.833. The molecule has 0 saturated heterocycles. The standard InChI is InChI=1S/C6H15NO3.2C2H4O2/c8-4-1-7(2-5-9)3-6-10;2*1-2(3)4/h8-10H,1-6H2;2*1H3,(H,3,4). The Kier molecular flexibility index (Phi) is 22.2. The van der Waals surface area contributed by atoms with Gasteiger partial charge in [0.2, 0.25) is 0 Å². The van der Waals surface area contributed by atoms with Crippen LogP contribution in [-0.4, -0.2) is 81.8 Å². The van der Waals surface area contributed by atoms with Gasteiger partial charge < -0.3 is 25.5 Å². The minimum absolute atomic E-state index is 0.0694. The van der Waals surface area contributed by atoms with Crippen LogP contribution in [0.25, 0.3) is 0 Å². The molecule has 110 valence electrons. The van der Waals surface area contributed by atoms with E-state index in [0.717, 1.165) is 13.8 Å². The van der Waals surface area contributed by atoms with Gasteiger partial charge in [0.15, 0.2) is 0 Å². The first-order valence-corrected chi connectivity index (χ1v) is 5.25. The van der Waals surface area contributed by atoms with Crippen LogP contribution in [-0.2, 0) is 9.59 Å². The van der Waals surface area contributed by atoms with Gasteiger partial charge in [0.25, 0.3) is 11.9 Å². The molecule has 0 rings (SSSR count). The summed E-state index contributed by atoms with van der Waals surface area (Å²) in [6.45, 7) is 3.92. The summed E-state index contributed by atoms with van der Waals surface area (Å²) in [5.74, 6) is -1.67. The van der Waals surface area contributed by atoms with E-state index in [-0.39, 0.29) is 19.8 Å². The molecule has 18 heavy (non-hydrogen) atoms. The van der Waals surface area contributed by atoms with Crippen molar-refractivity contribution in [2.75, 3.05) is 39.5 Å². The molecular weight excluding hydrogens is 246 g/mol. The van der Waals surface area contributed by atoms with Gasteiger partial charge in [-0.25, -0.2) is 0 Å². The Bertz CT molecular complexity index is 164. The maximum Gasteiger partial charge on any atom is 0.300 e. The summed E-state index contributed by atoms with van der Waals surface area (Å²) in [5.41, 5.74) is 0. The number of hydrogen-bond acceptors (Lipinski definition) is 6. The van der Waals surface area contributed by atoms with Crippen molar-refractivity contribution in [3.63, 3.8) is 0 Å². The van der Waals surface area contributed by atoms with Crippen LogP contribution in [0.5, 0.6) is 0 Å². The number of carboxylic acids is 2. The van der Waals surface area contributed by atoms with Gasteiger partial charge in [-0.1, -0.05) is 0 Å². The zero-order valence-electron chi connectivity index (χ0n) is 10.7. The molecule has 0 radical (unpaired) electrons. The van der Waals surface area contributed by atoms with Crippen LogP contribution < -0.4 is 0 Å². The molecule has 0 aliphatic carbocycles. The zero-order chi connectivity index (χ0) is 15.0. The normalized spacial score (nSPS) is 8.78. The lowest BCUT2D eigenvalue weighted by Gasteiger charge is -2.17. The van der Waals surface area contributed by atoms with Crippen LogP contribution in [0, 0.1) is 0 Å². The second kappa shape index (κ2) is 18.2. The summed E-state index contributed by atoms with van der Waals surface area (Å²) >= 11 is 0. The molecule has 0 atom stereocenters. The molecule has 0 spiro atoms. The average Bonchev–Trinajstić information content (AvgIpc) is 2.17. The highest BCUT2D eigenvalue weighted by Gasteiger charge is 2.00. The largest absolute Gasteiger partial charge is 0.481 e. The van der Waals surface area contributed by atoms with E-state index >= 15 is 0 Å². The van der Waals surface area contributed by atoms with Crippen LogP contribution in [0.4, 0.5) is 0 Å². The van der Waals surface area contributed by atoms with Gasteiger partial charge in [-0.3, -0.25) is 14.5 Å². The smallest absolute Gasteiger partial charge is 0.300 e. The molecule has 0 fully saturated rings. The first kappa shape index (κ1) is 22.0. The third kappa shape index (κ3) is 46.4. The van der Waals surface area contributed by atoms with Gasteiger partial charge in [-0.05, 0) is 0 Å². The number of aliphatic hydroxyl groups excluding tert-OH is 3. The average molecular weight is 269 g/mol. The highest BCUT2D eigenvalue weighted by atomic mass is 16.4. The molecule has 0 bridgehead atoms. The first-order valence-electron chi connectivity index (χ1n) is 5.25. The Labute approximate surface area is 106 Å². The molecule has 0 heterocycles. The van der Waals surface area contributed by atoms with Crippen molar-refractivity contribution in [2.24, 2.45) is 0 Å². The molecule has 0 aliphatic rings. The highest BCUT2D eigenvalue weighted by Crippen LogP contribution is 1.84. The van der Waals surface area contributed by atoms with Gasteiger partial charge in [0.05, 0.1) is 19.8 Å². The fourth-order valence-corrected chi connectivity index (χ4v) is 0.760. The van der Waals surface area contributed by atoms with Crippen molar-refractivity contribution < 1.29 is 35.1 Å². The molecule has 8 nitrogen and oxygen atoms in total. The summed E-state index contributed by atoms with van der Waals surface area (Å²) < 4.78 is 0. The van der Waals surface area contributed by atoms with Crippen molar-refractivity contribution in [1.29, 1.82) is 0 Å². The van der Waals surface area contributed by atoms with Crippen molar-refractivity contribution in [1.82, 2.24) is 4.90 Å². The predicted molar refractivity (Wildman–Crippen MR) is 64.3 cm³/mol. The summed E-state index contributed by atoms with van der Waals surface area (Å²) in [7, 11) is 0. The third-order valence-corrected chi connectivity index (χ3v) is 1.25. The Morgan fingerprint density at radius 1 is 0.778 bits per heavy atom. The Hall–Kier alpha value is -1.22. The highest BCUT2D eigenvalue weighted by molar-refractivity contribution is 5.63. The summed E-state index contributed by atoms with van der Waals surface area (Å²) in [6.07, 6.45) is 0. The Morgan fingerprint density at radius 3 is 1.06 bits per heavy atom. The van der Waals surface area contributed by atoms with E-state index in [0.29, 0.717) is 19.6 Å². The number of carbonyl (C=O) groups is 2. The topological polar surface area (TPSA) is 139 Å². The lowest BCUT2D eigenvalue weighted by molar-refractivity contribution is -0.135. The van der Waals surface area contributed by atoms with Crippen LogP contribution in [0.15, 0.2) is 0 Å². The molecule has 0 aromatic heterocycles. The second-order valence-electron chi connectivity index (χ2n) is 3.05. The SMILES string of the molecule is CC(=O)O.CC(=O)O.OCCN(CCO)CCO. The third-order valence-electron chi connectivity index (χ3n) is 1.25. The fraction of sp³-hybridized carbons (Fsp3) is 0.800. The molecule has 0 aromatic carbocycles. The molecular formula is C10H23NO7. The maximum atomic E-state index is 9.00. The fourth-order valence-electron chi connectivity index (χ4n) is 0.760. The van der Waals surface area contributed by atoms with E-state index in [4.69, 9.17) is 35.1 Å². The molecule has 0 unspecified atom stereocenters. The summed E-state index contributed by atoms with van der Waals surface area (Å²) in [5, 5.41) is 40.3. The lowest BCUT2D eigenvalue weighted by Crippen LogP contribution is -2.32. The van der Waals surface area contributed by atoms with Gasteiger partial charge >= 0.3 is 0 Å². The van der Waals surface area contributed by atoms with Crippen molar-refractivity contribution >= 4 is 11.9 Å². The van der Waals surface area contributed by atoms with E-state index in [2.05, 4.69) is 0 Å². The van der Waals surface area contributed by atoms with Gasteiger partial charge in [-0.15, -0.1) is 0 Å². The summed E-state index contributed by atoms with van der Waals surface area (Å²) in [6, 6.07) is 0. The maximum absolute atomic E-state index is 9.00. The molecule has 0 aromatic rings. The number of aliphatic hydroxyl groups is 3. The van der Waals surface area contributed by atoms with E-state index in [9.17, 15) is 0 Å². The predicted octanol–water partition coefficient (Wildman–Crippen LogP) is -1.55. The molecule has 0 amide bonds. The second-order valence-corrected chi connectivity index (χ2v) is 3.05. The van der Waals surface area contributed by atoms with E-state index in [1.165, 1.54) is 0 Å². The number of carboxylic acid groups (broad SMARTS) is 2. The van der Waals surface area contributed by atoms with Crippen LogP contribution in [0.1, 0.15) is 13.8 Å². The number of hydrogen-bond donors (Lipinski definition) is 5. The van der Waals surface area contributed by atoms with Crippen LogP contribution >= 0.6 is 0 Å². The van der Waals surface area contributed by atoms with Gasteiger partial charge in [0.1, 0.15) is 0 Å². The monoisotopic (exact) mass is 269 g/mol. The van der Waals surface area contributed by atoms with Gasteiger partial charge in [0, 0.05) is 33.5 Å². The van der Waals surface area contributed by atoms with E-state index in [1.807, 2.05) is 0 Å². The van der Waals surface area contributed by atoms with Crippen LogP contribution in [0.2, 0.25) is 0 Å². The van der Waals surface area contributed by atoms with Crippen molar-refractivity contribution in [2.45, 2.75) is 13.8 Å². The van der Waals surface area contributed by atoms with Crippen molar-refractivity contribution in [3.05, 3.63) is 0 Å². The quantitative estimate of drug-likeness (QED) is 0.390. The minimum Gasteiger partial charge on any atom is -0.481 e. The van der Waals surface area contributed by atoms with Gasteiger partial charge in [-0.2, -0.15) is 0 Å². The van der Waals surface area contributed by atoms with Crippen molar-refractivity contribution in [3.8, 4) is 0 Å². The molecule has 0 saturated carbocycles. The zero-order valence-corrected chi connectivity index (χ0v) is 10.7. The molecule has 5 N–H and O–H groups in total. The molecule has 0 aliphatic heterocycles. The lowest BCUT2D eigenvalue weighted by atomic mass is 10.4. The Balaban J connectivity index is -0.000000233.